The zero-order valence-corrected chi connectivity index (χ0v) is 7.57. The molecule has 0 unspecified atom stereocenters. The van der Waals surface area contributed by atoms with Gasteiger partial charge >= 0.3 is 11.9 Å². The van der Waals surface area contributed by atoms with Gasteiger partial charge in [-0.15, -0.1) is 0 Å². The summed E-state index contributed by atoms with van der Waals surface area (Å²) in [5.41, 5.74) is -0.145. The number of hydrazone groups is 1. The average Bonchev–Trinajstić information content (AvgIpc) is 2.14. The van der Waals surface area contributed by atoms with Gasteiger partial charge in [0.25, 0.3) is 0 Å². The van der Waals surface area contributed by atoms with Crippen molar-refractivity contribution in [1.82, 2.24) is 0 Å². The summed E-state index contributed by atoms with van der Waals surface area (Å²) in [4.78, 5) is 21.7. The van der Waals surface area contributed by atoms with Crippen molar-refractivity contribution in [3.05, 3.63) is 0 Å². The van der Waals surface area contributed by atoms with Crippen LogP contribution in [-0.4, -0.2) is 31.4 Å². The van der Waals surface area contributed by atoms with Gasteiger partial charge in [-0.25, -0.2) is 4.79 Å². The van der Waals surface area contributed by atoms with Gasteiger partial charge < -0.3 is 15.3 Å². The van der Waals surface area contributed by atoms with E-state index in [1.807, 2.05) is 0 Å². The third kappa shape index (κ3) is 4.09. The minimum atomic E-state index is -0.699. The van der Waals surface area contributed by atoms with Crippen molar-refractivity contribution in [2.24, 2.45) is 10.9 Å². The van der Waals surface area contributed by atoms with Crippen LogP contribution < -0.4 is 5.84 Å². The number of methoxy groups -OCH3 is 1. The molecule has 0 atom stereocenters. The molecule has 0 saturated heterocycles. The van der Waals surface area contributed by atoms with Crippen LogP contribution in [0.25, 0.3) is 0 Å². The van der Waals surface area contributed by atoms with Gasteiger partial charge in [0.05, 0.1) is 20.1 Å². The van der Waals surface area contributed by atoms with Crippen molar-refractivity contribution in [3.8, 4) is 0 Å². The number of hydrogen-bond donors (Lipinski definition) is 1. The molecule has 6 heteroatoms. The monoisotopic (exact) mass is 188 g/mol. The molecule has 0 aliphatic carbocycles. The quantitative estimate of drug-likeness (QED) is 0.276. The van der Waals surface area contributed by atoms with E-state index in [1.54, 1.807) is 6.92 Å². The Morgan fingerprint density at radius 1 is 1.46 bits per heavy atom. The lowest BCUT2D eigenvalue weighted by Crippen LogP contribution is -2.22. The predicted octanol–water partition coefficient (Wildman–Crippen LogP) is -0.573. The highest BCUT2D eigenvalue weighted by molar-refractivity contribution is 6.39. The summed E-state index contributed by atoms with van der Waals surface area (Å²) in [5, 5.41) is 3.14. The van der Waals surface area contributed by atoms with Crippen LogP contribution in [-0.2, 0) is 19.1 Å². The van der Waals surface area contributed by atoms with E-state index < -0.39 is 11.9 Å². The first-order valence-corrected chi connectivity index (χ1v) is 3.66. The van der Waals surface area contributed by atoms with E-state index in [4.69, 9.17) is 5.84 Å². The van der Waals surface area contributed by atoms with E-state index in [9.17, 15) is 9.59 Å². The molecule has 0 rings (SSSR count). The molecule has 2 N–H and O–H groups in total. The van der Waals surface area contributed by atoms with Crippen molar-refractivity contribution in [2.45, 2.75) is 13.3 Å². The third-order valence-corrected chi connectivity index (χ3v) is 1.21. The molecule has 0 aromatic carbocycles. The Bertz CT molecular complexity index is 225. The molecular weight excluding hydrogens is 176 g/mol. The summed E-state index contributed by atoms with van der Waals surface area (Å²) in [5.74, 6) is 3.60. The maximum absolute atomic E-state index is 11.0. The molecule has 0 fully saturated rings. The number of carbonyl (C=O) groups excluding carboxylic acids is 2. The van der Waals surface area contributed by atoms with E-state index in [0.717, 1.165) is 0 Å². The standard InChI is InChI=1S/C7H12N2O4/c1-3-13-7(11)5(9-8)4-6(10)12-2/h3-4,8H2,1-2H3/b9-5-. The summed E-state index contributed by atoms with van der Waals surface area (Å²) >= 11 is 0. The number of ether oxygens (including phenoxy) is 2. The molecule has 13 heavy (non-hydrogen) atoms. The highest BCUT2D eigenvalue weighted by atomic mass is 16.5. The SMILES string of the molecule is CCOC(=O)/C(CC(=O)OC)=N\N. The van der Waals surface area contributed by atoms with Crippen LogP contribution in [0.15, 0.2) is 5.10 Å². The van der Waals surface area contributed by atoms with Crippen LogP contribution in [0.3, 0.4) is 0 Å². The second-order valence-corrected chi connectivity index (χ2v) is 2.05. The number of esters is 2. The summed E-state index contributed by atoms with van der Waals surface area (Å²) < 4.78 is 8.91. The lowest BCUT2D eigenvalue weighted by atomic mass is 10.3. The fraction of sp³-hybridized carbons (Fsp3) is 0.571. The number of nitrogens with zero attached hydrogens (tertiary/aromatic N) is 1. The van der Waals surface area contributed by atoms with Crippen LogP contribution in [0.2, 0.25) is 0 Å². The second kappa shape index (κ2) is 5.99. The fourth-order valence-electron chi connectivity index (χ4n) is 0.594. The maximum atomic E-state index is 11.0. The van der Waals surface area contributed by atoms with Gasteiger partial charge in [0.1, 0.15) is 0 Å². The molecule has 0 bridgehead atoms. The van der Waals surface area contributed by atoms with Crippen molar-refractivity contribution in [3.63, 3.8) is 0 Å². The molecule has 0 amide bonds. The highest BCUT2D eigenvalue weighted by Gasteiger charge is 2.16. The van der Waals surface area contributed by atoms with Crippen LogP contribution in [0.1, 0.15) is 13.3 Å². The first-order valence-electron chi connectivity index (χ1n) is 3.66. The average molecular weight is 188 g/mol. The first-order chi connectivity index (χ1) is 6.15. The van der Waals surface area contributed by atoms with E-state index in [0.29, 0.717) is 0 Å². The molecule has 0 aliphatic rings. The first kappa shape index (κ1) is 11.4. The van der Waals surface area contributed by atoms with Crippen molar-refractivity contribution in [2.75, 3.05) is 13.7 Å². The summed E-state index contributed by atoms with van der Waals surface area (Å²) in [6.07, 6.45) is -0.272. The summed E-state index contributed by atoms with van der Waals surface area (Å²) in [6.45, 7) is 1.85. The van der Waals surface area contributed by atoms with Crippen LogP contribution in [0, 0.1) is 0 Å². The Labute approximate surface area is 75.7 Å². The molecule has 6 nitrogen and oxygen atoms in total. The molecule has 0 aliphatic heterocycles. The number of hydrogen-bond acceptors (Lipinski definition) is 6. The molecule has 0 spiro atoms. The molecule has 0 radical (unpaired) electrons. The molecule has 0 aromatic rings. The topological polar surface area (TPSA) is 91.0 Å². The minimum Gasteiger partial charge on any atom is -0.469 e. The fourth-order valence-corrected chi connectivity index (χ4v) is 0.594. The van der Waals surface area contributed by atoms with Crippen LogP contribution in [0.4, 0.5) is 0 Å². The number of rotatable bonds is 4. The Morgan fingerprint density at radius 2 is 2.08 bits per heavy atom. The third-order valence-electron chi connectivity index (χ3n) is 1.21. The lowest BCUT2D eigenvalue weighted by molar-refractivity contribution is -0.141. The van der Waals surface area contributed by atoms with Crippen molar-refractivity contribution < 1.29 is 19.1 Å². The van der Waals surface area contributed by atoms with Gasteiger partial charge in [0.15, 0.2) is 5.71 Å². The van der Waals surface area contributed by atoms with Crippen LogP contribution in [0.5, 0.6) is 0 Å². The molecule has 74 valence electrons. The van der Waals surface area contributed by atoms with Gasteiger partial charge in [-0.1, -0.05) is 0 Å². The van der Waals surface area contributed by atoms with Gasteiger partial charge in [-0.05, 0) is 6.92 Å². The molecule has 0 saturated carbocycles. The Hall–Kier alpha value is -1.59. The predicted molar refractivity (Wildman–Crippen MR) is 44.9 cm³/mol. The van der Waals surface area contributed by atoms with Gasteiger partial charge in [-0.2, -0.15) is 5.10 Å². The van der Waals surface area contributed by atoms with E-state index in [-0.39, 0.29) is 18.7 Å². The zero-order chi connectivity index (χ0) is 10.3. The maximum Gasteiger partial charge on any atom is 0.355 e. The van der Waals surface area contributed by atoms with Gasteiger partial charge in [-0.3, -0.25) is 4.79 Å². The number of nitrogens with two attached hydrogens (primary N) is 1. The van der Waals surface area contributed by atoms with Gasteiger partial charge in [0, 0.05) is 0 Å². The van der Waals surface area contributed by atoms with Crippen molar-refractivity contribution >= 4 is 17.7 Å². The van der Waals surface area contributed by atoms with E-state index in [2.05, 4.69) is 14.6 Å². The minimum absolute atomic E-state index is 0.145. The van der Waals surface area contributed by atoms with E-state index in [1.165, 1.54) is 7.11 Å². The van der Waals surface area contributed by atoms with Gasteiger partial charge in [0.2, 0.25) is 0 Å². The largest absolute Gasteiger partial charge is 0.469 e. The second-order valence-electron chi connectivity index (χ2n) is 2.05. The number of carbonyl (C=O) groups is 2. The van der Waals surface area contributed by atoms with Crippen molar-refractivity contribution in [1.29, 1.82) is 0 Å². The zero-order valence-electron chi connectivity index (χ0n) is 7.57. The molecular formula is C7H12N2O4. The molecule has 0 aromatic heterocycles. The summed E-state index contributed by atoms with van der Waals surface area (Å²) in [6, 6.07) is 0. The highest BCUT2D eigenvalue weighted by Crippen LogP contribution is 1.92. The molecule has 0 heterocycles. The lowest BCUT2D eigenvalue weighted by Gasteiger charge is -2.02. The smallest absolute Gasteiger partial charge is 0.355 e. The summed E-state index contributed by atoms with van der Waals surface area (Å²) in [7, 11) is 1.21. The Morgan fingerprint density at radius 3 is 2.46 bits per heavy atom. The Kier molecular flexibility index (Phi) is 5.25. The van der Waals surface area contributed by atoms with E-state index >= 15 is 0 Å². The van der Waals surface area contributed by atoms with Crippen LogP contribution >= 0.6 is 0 Å². The normalized spacial score (nSPS) is 10.8. The Balaban J connectivity index is 4.20.